The number of carbonyl (C=O) groups is 1. The largest absolute Gasteiger partial charge is 0.390 e. The van der Waals surface area contributed by atoms with Gasteiger partial charge in [-0.25, -0.2) is 14.4 Å². The fourth-order valence-corrected chi connectivity index (χ4v) is 2.96. The van der Waals surface area contributed by atoms with Crippen LogP contribution in [0.3, 0.4) is 0 Å². The Morgan fingerprint density at radius 1 is 1.29 bits per heavy atom. The zero-order valence-corrected chi connectivity index (χ0v) is 13.3. The Bertz CT molecular complexity index is 695. The number of aliphatic hydroxyl groups is 1. The molecule has 2 aromatic rings. The highest BCUT2D eigenvalue weighted by Crippen LogP contribution is 2.19. The lowest BCUT2D eigenvalue weighted by Crippen LogP contribution is -2.40. The number of rotatable bonds is 4. The number of hydrogen-bond acceptors (Lipinski definition) is 5. The van der Waals surface area contributed by atoms with Crippen LogP contribution in [0.15, 0.2) is 43.0 Å². The molecule has 0 bridgehead atoms. The summed E-state index contributed by atoms with van der Waals surface area (Å²) in [5.74, 6) is -0.462. The summed E-state index contributed by atoms with van der Waals surface area (Å²) in [6.45, 7) is 1.26. The van der Waals surface area contributed by atoms with Crippen molar-refractivity contribution in [1.82, 2.24) is 19.8 Å². The standard InChI is InChI=1S/C17H19FN4O2/c1-21(8-12-2-4-14(18)5-3-12)15-9-22(10-16(15)23)17(24)13-6-19-11-20-7-13/h2-7,11,15-16,23H,8-10H2,1H3/t15-,16-/m1/s1. The fourth-order valence-electron chi connectivity index (χ4n) is 2.96. The molecule has 0 spiro atoms. The lowest BCUT2D eigenvalue weighted by atomic mass is 10.1. The van der Waals surface area contributed by atoms with E-state index in [0.29, 0.717) is 18.7 Å². The summed E-state index contributed by atoms with van der Waals surface area (Å²) in [5.41, 5.74) is 1.36. The number of nitrogens with zero attached hydrogens (tertiary/aromatic N) is 4. The maximum Gasteiger partial charge on any atom is 0.257 e. The number of likely N-dealkylation sites (N-methyl/N-ethyl adjacent to an activating group) is 1. The van der Waals surface area contributed by atoms with Crippen molar-refractivity contribution in [1.29, 1.82) is 0 Å². The number of likely N-dealkylation sites (tertiary alicyclic amines) is 1. The van der Waals surface area contributed by atoms with Gasteiger partial charge in [0.15, 0.2) is 0 Å². The minimum Gasteiger partial charge on any atom is -0.390 e. The molecule has 2 atom stereocenters. The van der Waals surface area contributed by atoms with Gasteiger partial charge in [-0.2, -0.15) is 0 Å². The van der Waals surface area contributed by atoms with E-state index in [0.717, 1.165) is 5.56 Å². The number of amides is 1. The molecule has 2 heterocycles. The Kier molecular flexibility index (Phi) is 4.82. The van der Waals surface area contributed by atoms with Crippen molar-refractivity contribution < 1.29 is 14.3 Å². The van der Waals surface area contributed by atoms with E-state index in [1.165, 1.54) is 30.9 Å². The molecule has 1 amide bonds. The molecule has 1 saturated heterocycles. The van der Waals surface area contributed by atoms with Crippen molar-refractivity contribution in [2.45, 2.75) is 18.7 Å². The number of aliphatic hydroxyl groups excluding tert-OH is 1. The minimum atomic E-state index is -0.635. The van der Waals surface area contributed by atoms with Crippen molar-refractivity contribution in [3.8, 4) is 0 Å². The smallest absolute Gasteiger partial charge is 0.257 e. The van der Waals surface area contributed by atoms with Crippen LogP contribution in [0.25, 0.3) is 0 Å². The molecule has 1 aliphatic rings. The second kappa shape index (κ2) is 7.02. The summed E-state index contributed by atoms with van der Waals surface area (Å²) < 4.78 is 13.0. The first kappa shape index (κ1) is 16.5. The van der Waals surface area contributed by atoms with E-state index < -0.39 is 6.10 Å². The molecule has 126 valence electrons. The predicted molar refractivity (Wildman–Crippen MR) is 85.6 cm³/mol. The average molecular weight is 330 g/mol. The maximum atomic E-state index is 13.0. The van der Waals surface area contributed by atoms with Gasteiger partial charge in [0.1, 0.15) is 12.1 Å². The number of hydrogen-bond donors (Lipinski definition) is 1. The van der Waals surface area contributed by atoms with Crippen LogP contribution in [0.5, 0.6) is 0 Å². The Balaban J connectivity index is 1.64. The lowest BCUT2D eigenvalue weighted by Gasteiger charge is -2.26. The molecule has 3 rings (SSSR count). The van der Waals surface area contributed by atoms with Crippen LogP contribution in [0.4, 0.5) is 4.39 Å². The molecule has 0 saturated carbocycles. The van der Waals surface area contributed by atoms with E-state index in [4.69, 9.17) is 0 Å². The van der Waals surface area contributed by atoms with Gasteiger partial charge in [-0.15, -0.1) is 0 Å². The molecular formula is C17H19FN4O2. The maximum absolute atomic E-state index is 13.0. The molecule has 1 aromatic carbocycles. The van der Waals surface area contributed by atoms with Crippen molar-refractivity contribution >= 4 is 5.91 Å². The van der Waals surface area contributed by atoms with E-state index >= 15 is 0 Å². The van der Waals surface area contributed by atoms with Crippen molar-refractivity contribution in [3.63, 3.8) is 0 Å². The van der Waals surface area contributed by atoms with Crippen LogP contribution in [-0.4, -0.2) is 63.1 Å². The van der Waals surface area contributed by atoms with E-state index in [1.54, 1.807) is 17.0 Å². The highest BCUT2D eigenvalue weighted by Gasteiger charge is 2.36. The third kappa shape index (κ3) is 3.58. The highest BCUT2D eigenvalue weighted by atomic mass is 19.1. The van der Waals surface area contributed by atoms with Crippen LogP contribution < -0.4 is 0 Å². The van der Waals surface area contributed by atoms with Crippen LogP contribution in [-0.2, 0) is 6.54 Å². The number of β-amino-alcohol motifs (C(OH)–C–C–N with tert-alkyl or cyclic N) is 1. The number of halogens is 1. The molecule has 0 unspecified atom stereocenters. The van der Waals surface area contributed by atoms with Crippen LogP contribution in [0.1, 0.15) is 15.9 Å². The minimum absolute atomic E-state index is 0.177. The topological polar surface area (TPSA) is 69.6 Å². The van der Waals surface area contributed by atoms with Crippen molar-refractivity contribution in [3.05, 3.63) is 59.9 Å². The average Bonchev–Trinajstić information content (AvgIpc) is 2.99. The SMILES string of the molecule is CN(Cc1ccc(F)cc1)[C@@H]1CN(C(=O)c2cncnc2)C[C@H]1O. The first-order valence-corrected chi connectivity index (χ1v) is 7.71. The van der Waals surface area contributed by atoms with Gasteiger partial charge in [0.05, 0.1) is 17.7 Å². The highest BCUT2D eigenvalue weighted by molar-refractivity contribution is 5.93. The lowest BCUT2D eigenvalue weighted by molar-refractivity contribution is 0.0762. The summed E-state index contributed by atoms with van der Waals surface area (Å²) >= 11 is 0. The summed E-state index contributed by atoms with van der Waals surface area (Å²) in [4.78, 5) is 23.7. The monoisotopic (exact) mass is 330 g/mol. The van der Waals surface area contributed by atoms with Gasteiger partial charge in [0.25, 0.3) is 5.91 Å². The first-order valence-electron chi connectivity index (χ1n) is 7.71. The van der Waals surface area contributed by atoms with Gasteiger partial charge in [0, 0.05) is 32.0 Å². The molecule has 24 heavy (non-hydrogen) atoms. The molecule has 7 heteroatoms. The number of aromatic nitrogens is 2. The second-order valence-electron chi connectivity index (χ2n) is 6.01. The predicted octanol–water partition coefficient (Wildman–Crippen LogP) is 0.933. The van der Waals surface area contributed by atoms with Gasteiger partial charge < -0.3 is 10.0 Å². The van der Waals surface area contributed by atoms with E-state index in [-0.39, 0.29) is 24.3 Å². The molecule has 1 fully saturated rings. The summed E-state index contributed by atoms with van der Waals surface area (Å²) in [5, 5.41) is 10.3. The first-order chi connectivity index (χ1) is 11.5. The van der Waals surface area contributed by atoms with Crippen molar-refractivity contribution in [2.75, 3.05) is 20.1 Å². The van der Waals surface area contributed by atoms with Gasteiger partial charge in [-0.1, -0.05) is 12.1 Å². The summed E-state index contributed by atoms with van der Waals surface area (Å²) in [6, 6.07) is 6.09. The molecule has 1 aromatic heterocycles. The number of carbonyl (C=O) groups excluding carboxylic acids is 1. The van der Waals surface area contributed by atoms with Crippen LogP contribution >= 0.6 is 0 Å². The Hall–Kier alpha value is -2.38. The Labute approximate surface area is 139 Å². The van der Waals surface area contributed by atoms with Crippen LogP contribution in [0.2, 0.25) is 0 Å². The van der Waals surface area contributed by atoms with Gasteiger partial charge >= 0.3 is 0 Å². The molecule has 0 radical (unpaired) electrons. The summed E-state index contributed by atoms with van der Waals surface area (Å²) in [6.07, 6.45) is 3.67. The quantitative estimate of drug-likeness (QED) is 0.903. The van der Waals surface area contributed by atoms with E-state index in [9.17, 15) is 14.3 Å². The van der Waals surface area contributed by atoms with Gasteiger partial charge in [0.2, 0.25) is 0 Å². The van der Waals surface area contributed by atoms with E-state index in [2.05, 4.69) is 9.97 Å². The second-order valence-corrected chi connectivity index (χ2v) is 6.01. The molecule has 1 N–H and O–H groups in total. The fraction of sp³-hybridized carbons (Fsp3) is 0.353. The van der Waals surface area contributed by atoms with E-state index in [1.807, 2.05) is 11.9 Å². The Morgan fingerprint density at radius 2 is 1.96 bits per heavy atom. The third-order valence-electron chi connectivity index (χ3n) is 4.27. The van der Waals surface area contributed by atoms with Crippen molar-refractivity contribution in [2.24, 2.45) is 0 Å². The molecule has 6 nitrogen and oxygen atoms in total. The zero-order valence-electron chi connectivity index (χ0n) is 13.3. The zero-order chi connectivity index (χ0) is 17.1. The molecule has 1 aliphatic heterocycles. The molecular weight excluding hydrogens is 311 g/mol. The normalized spacial score (nSPS) is 20.6. The third-order valence-corrected chi connectivity index (χ3v) is 4.27. The Morgan fingerprint density at radius 3 is 2.62 bits per heavy atom. The number of benzene rings is 1. The van der Waals surface area contributed by atoms with Gasteiger partial charge in [-0.3, -0.25) is 9.69 Å². The van der Waals surface area contributed by atoms with Crippen LogP contribution in [0, 0.1) is 5.82 Å². The molecule has 0 aliphatic carbocycles. The summed E-state index contributed by atoms with van der Waals surface area (Å²) in [7, 11) is 1.89. The van der Waals surface area contributed by atoms with Gasteiger partial charge in [-0.05, 0) is 24.7 Å².